The quantitative estimate of drug-likeness (QED) is 0.822. The summed E-state index contributed by atoms with van der Waals surface area (Å²) in [6.07, 6.45) is 0.343. The first-order chi connectivity index (χ1) is 10.4. The summed E-state index contributed by atoms with van der Waals surface area (Å²) in [5.41, 5.74) is 2.67. The highest BCUT2D eigenvalue weighted by Gasteiger charge is 2.18. The van der Waals surface area contributed by atoms with Gasteiger partial charge < -0.3 is 10.2 Å². The largest absolute Gasteiger partial charge is 0.508 e. The smallest absolute Gasteiger partial charge is 0.310 e. The Balaban J connectivity index is 2.56. The van der Waals surface area contributed by atoms with Gasteiger partial charge in [0.05, 0.1) is 5.92 Å². The summed E-state index contributed by atoms with van der Waals surface area (Å²) in [5, 5.41) is 18.5. The molecule has 0 radical (unpaired) electrons. The van der Waals surface area contributed by atoms with Gasteiger partial charge in [-0.05, 0) is 41.8 Å². The number of carbonyl (C=O) groups is 2. The van der Waals surface area contributed by atoms with E-state index in [1.807, 2.05) is 0 Å². The van der Waals surface area contributed by atoms with Crippen molar-refractivity contribution in [3.8, 4) is 16.9 Å². The fourth-order valence-corrected chi connectivity index (χ4v) is 2.29. The Labute approximate surface area is 129 Å². The van der Waals surface area contributed by atoms with Gasteiger partial charge in [-0.2, -0.15) is 0 Å². The van der Waals surface area contributed by atoms with E-state index in [-0.39, 0.29) is 11.5 Å². The Morgan fingerprint density at radius 1 is 1.09 bits per heavy atom. The zero-order valence-corrected chi connectivity index (χ0v) is 12.5. The zero-order chi connectivity index (χ0) is 16.3. The first-order valence-corrected chi connectivity index (χ1v) is 7.13. The normalized spacial score (nSPS) is 11.9. The number of carbonyl (C=O) groups excluding carboxylic acids is 1. The van der Waals surface area contributed by atoms with Crippen molar-refractivity contribution >= 4 is 11.8 Å². The molecule has 2 N–H and O–H groups in total. The lowest BCUT2D eigenvalue weighted by Crippen LogP contribution is -2.09. The molecule has 0 fully saturated rings. The van der Waals surface area contributed by atoms with E-state index in [1.54, 1.807) is 56.3 Å². The summed E-state index contributed by atoms with van der Waals surface area (Å²) in [5.74, 6) is -1.48. The first-order valence-electron chi connectivity index (χ1n) is 7.13. The number of phenolic OH excluding ortho intramolecular Hbond substituents is 1. The predicted octanol–water partition coefficient (Wildman–Crippen LogP) is 3.84. The number of hydrogen-bond donors (Lipinski definition) is 2. The zero-order valence-electron chi connectivity index (χ0n) is 12.5. The van der Waals surface area contributed by atoms with Crippen molar-refractivity contribution in [3.63, 3.8) is 0 Å². The van der Waals surface area contributed by atoms with Crippen LogP contribution in [0, 0.1) is 0 Å². The van der Waals surface area contributed by atoms with Crippen molar-refractivity contribution in [3.05, 3.63) is 53.6 Å². The number of phenols is 1. The SMILES string of the molecule is CCC(=O)c1cc(C(C)C(=O)O)ccc1-c1ccc(O)cc1. The number of aliphatic carboxylic acids is 1. The van der Waals surface area contributed by atoms with Crippen molar-refractivity contribution in [2.24, 2.45) is 0 Å². The third kappa shape index (κ3) is 3.17. The van der Waals surface area contributed by atoms with Crippen LogP contribution in [0.1, 0.15) is 42.1 Å². The van der Waals surface area contributed by atoms with Crippen LogP contribution in [0.4, 0.5) is 0 Å². The predicted molar refractivity (Wildman–Crippen MR) is 84.2 cm³/mol. The molecule has 0 aliphatic heterocycles. The number of ketones is 1. The van der Waals surface area contributed by atoms with Gasteiger partial charge in [0.1, 0.15) is 5.75 Å². The Morgan fingerprint density at radius 3 is 2.27 bits per heavy atom. The molecule has 4 heteroatoms. The van der Waals surface area contributed by atoms with Crippen LogP contribution in [-0.4, -0.2) is 22.0 Å². The second kappa shape index (κ2) is 6.43. The van der Waals surface area contributed by atoms with Crippen LogP contribution in [-0.2, 0) is 4.79 Å². The molecule has 0 spiro atoms. The highest BCUT2D eigenvalue weighted by molar-refractivity contribution is 6.02. The molecule has 0 aliphatic rings. The van der Waals surface area contributed by atoms with Crippen LogP contribution < -0.4 is 0 Å². The van der Waals surface area contributed by atoms with Gasteiger partial charge in [0.25, 0.3) is 0 Å². The number of carboxylic acids is 1. The highest BCUT2D eigenvalue weighted by atomic mass is 16.4. The minimum Gasteiger partial charge on any atom is -0.508 e. The highest BCUT2D eigenvalue weighted by Crippen LogP contribution is 2.29. The van der Waals surface area contributed by atoms with Crippen LogP contribution in [0.15, 0.2) is 42.5 Å². The number of rotatable bonds is 5. The summed E-state index contributed by atoms with van der Waals surface area (Å²) in [4.78, 5) is 23.4. The van der Waals surface area contributed by atoms with Gasteiger partial charge in [0.2, 0.25) is 0 Å². The first kappa shape index (κ1) is 15.8. The summed E-state index contributed by atoms with van der Waals surface area (Å²) < 4.78 is 0. The molecule has 4 nitrogen and oxygen atoms in total. The molecular weight excluding hydrogens is 280 g/mol. The third-order valence-electron chi connectivity index (χ3n) is 3.71. The molecule has 22 heavy (non-hydrogen) atoms. The lowest BCUT2D eigenvalue weighted by molar-refractivity contribution is -0.138. The topological polar surface area (TPSA) is 74.6 Å². The van der Waals surface area contributed by atoms with Crippen LogP contribution >= 0.6 is 0 Å². The fourth-order valence-electron chi connectivity index (χ4n) is 2.29. The van der Waals surface area contributed by atoms with E-state index in [2.05, 4.69) is 0 Å². The number of hydrogen-bond acceptors (Lipinski definition) is 3. The van der Waals surface area contributed by atoms with E-state index in [0.29, 0.717) is 17.5 Å². The lowest BCUT2D eigenvalue weighted by Gasteiger charge is -2.13. The molecular formula is C18H18O4. The minimum absolute atomic E-state index is 0.0393. The van der Waals surface area contributed by atoms with Gasteiger partial charge in [0.15, 0.2) is 5.78 Å². The van der Waals surface area contributed by atoms with E-state index in [4.69, 9.17) is 5.11 Å². The van der Waals surface area contributed by atoms with Gasteiger partial charge in [-0.3, -0.25) is 9.59 Å². The Hall–Kier alpha value is -2.62. The van der Waals surface area contributed by atoms with Crippen molar-refractivity contribution in [1.82, 2.24) is 0 Å². The van der Waals surface area contributed by atoms with Gasteiger partial charge in [-0.1, -0.05) is 31.2 Å². The number of benzene rings is 2. The van der Waals surface area contributed by atoms with E-state index in [0.717, 1.165) is 11.1 Å². The molecule has 1 atom stereocenters. The van der Waals surface area contributed by atoms with Gasteiger partial charge >= 0.3 is 5.97 Å². The Kier molecular flexibility index (Phi) is 4.61. The number of aromatic hydroxyl groups is 1. The van der Waals surface area contributed by atoms with Crippen LogP contribution in [0.3, 0.4) is 0 Å². The van der Waals surface area contributed by atoms with Crippen molar-refractivity contribution in [2.75, 3.05) is 0 Å². The summed E-state index contributed by atoms with van der Waals surface area (Å²) in [6, 6.07) is 11.7. The maximum absolute atomic E-state index is 12.2. The maximum Gasteiger partial charge on any atom is 0.310 e. The maximum atomic E-state index is 12.2. The van der Waals surface area contributed by atoms with Gasteiger partial charge in [0, 0.05) is 12.0 Å². The van der Waals surface area contributed by atoms with E-state index in [1.165, 1.54) is 0 Å². The molecule has 0 aromatic heterocycles. The Bertz CT molecular complexity index is 702. The summed E-state index contributed by atoms with van der Waals surface area (Å²) >= 11 is 0. The molecule has 2 rings (SSSR count). The van der Waals surface area contributed by atoms with E-state index < -0.39 is 11.9 Å². The molecule has 2 aromatic carbocycles. The summed E-state index contributed by atoms with van der Waals surface area (Å²) in [6.45, 7) is 3.37. The van der Waals surface area contributed by atoms with Gasteiger partial charge in [-0.15, -0.1) is 0 Å². The number of Topliss-reactive ketones (excluding diaryl/α,β-unsaturated/α-hetero) is 1. The molecule has 0 heterocycles. The molecule has 0 saturated heterocycles. The lowest BCUT2D eigenvalue weighted by atomic mass is 9.90. The molecule has 0 saturated carbocycles. The van der Waals surface area contributed by atoms with Crippen molar-refractivity contribution in [2.45, 2.75) is 26.2 Å². The second-order valence-corrected chi connectivity index (χ2v) is 5.19. The van der Waals surface area contributed by atoms with Gasteiger partial charge in [-0.25, -0.2) is 0 Å². The van der Waals surface area contributed by atoms with E-state index in [9.17, 15) is 14.7 Å². The molecule has 2 aromatic rings. The van der Waals surface area contributed by atoms with Crippen molar-refractivity contribution in [1.29, 1.82) is 0 Å². The number of carboxylic acid groups (broad SMARTS) is 1. The average Bonchev–Trinajstić information content (AvgIpc) is 2.53. The standard InChI is InChI=1S/C18H18O4/c1-3-17(20)16-10-13(11(2)18(21)22)6-9-15(16)12-4-7-14(19)8-5-12/h4-11,19H,3H2,1-2H3,(H,21,22). The second-order valence-electron chi connectivity index (χ2n) is 5.19. The monoisotopic (exact) mass is 298 g/mol. The third-order valence-corrected chi connectivity index (χ3v) is 3.71. The average molecular weight is 298 g/mol. The van der Waals surface area contributed by atoms with E-state index >= 15 is 0 Å². The summed E-state index contributed by atoms with van der Waals surface area (Å²) in [7, 11) is 0. The molecule has 0 aliphatic carbocycles. The molecule has 0 bridgehead atoms. The van der Waals surface area contributed by atoms with Crippen LogP contribution in [0.25, 0.3) is 11.1 Å². The van der Waals surface area contributed by atoms with Crippen LogP contribution in [0.2, 0.25) is 0 Å². The fraction of sp³-hybridized carbons (Fsp3) is 0.222. The van der Waals surface area contributed by atoms with Crippen LogP contribution in [0.5, 0.6) is 5.75 Å². The molecule has 114 valence electrons. The molecule has 0 amide bonds. The molecule has 1 unspecified atom stereocenters. The van der Waals surface area contributed by atoms with Crippen molar-refractivity contribution < 1.29 is 19.8 Å². The minimum atomic E-state index is -0.924. The Morgan fingerprint density at radius 2 is 1.73 bits per heavy atom.